The number of hydrogen-bond donors (Lipinski definition) is 1. The summed E-state index contributed by atoms with van der Waals surface area (Å²) < 4.78 is 18.9. The van der Waals surface area contributed by atoms with E-state index >= 15 is 0 Å². The van der Waals surface area contributed by atoms with E-state index in [-0.39, 0.29) is 11.9 Å². The quantitative estimate of drug-likeness (QED) is 0.588. The van der Waals surface area contributed by atoms with Crippen LogP contribution in [0.2, 0.25) is 0 Å². The first-order valence-corrected chi connectivity index (χ1v) is 8.22. The van der Waals surface area contributed by atoms with Crippen molar-refractivity contribution in [1.82, 2.24) is 20.1 Å². The van der Waals surface area contributed by atoms with Crippen LogP contribution in [0.5, 0.6) is 0 Å². The fourth-order valence-corrected chi connectivity index (χ4v) is 2.70. The van der Waals surface area contributed by atoms with E-state index < -0.39 is 0 Å². The molecule has 0 aliphatic carbocycles. The van der Waals surface area contributed by atoms with E-state index in [2.05, 4.69) is 25.4 Å². The van der Waals surface area contributed by atoms with Crippen molar-refractivity contribution in [3.05, 3.63) is 78.0 Å². The fraction of sp³-hybridized carbons (Fsp3) is 0.158. The zero-order valence-corrected chi connectivity index (χ0v) is 14.1. The largest absolute Gasteiger partial charge is 0.360 e. The minimum Gasteiger partial charge on any atom is -0.360 e. The van der Waals surface area contributed by atoms with Crippen LogP contribution in [0.25, 0.3) is 10.9 Å². The molecule has 0 saturated heterocycles. The standard InChI is InChI=1S/C19H16FN5O/c1-12(18-24-17(26-25-18)9-13-5-3-2-4-6-13)23-19-15-10-14(20)7-8-16(15)21-11-22-19/h2-8,10-12H,9H2,1H3,(H,21,22,23)/t12-/m1/s1. The van der Waals surface area contributed by atoms with Gasteiger partial charge in [-0.25, -0.2) is 14.4 Å². The van der Waals surface area contributed by atoms with Crippen LogP contribution in [0.4, 0.5) is 10.2 Å². The highest BCUT2D eigenvalue weighted by atomic mass is 19.1. The van der Waals surface area contributed by atoms with Crippen molar-refractivity contribution in [1.29, 1.82) is 0 Å². The Labute approximate surface area is 149 Å². The van der Waals surface area contributed by atoms with Gasteiger partial charge in [0.05, 0.1) is 18.0 Å². The van der Waals surface area contributed by atoms with Gasteiger partial charge in [-0.15, -0.1) is 0 Å². The summed E-state index contributed by atoms with van der Waals surface area (Å²) in [4.78, 5) is 12.8. The van der Waals surface area contributed by atoms with E-state index in [4.69, 9.17) is 4.52 Å². The Bertz CT molecular complexity index is 1030. The lowest BCUT2D eigenvalue weighted by Crippen LogP contribution is -2.10. The molecule has 26 heavy (non-hydrogen) atoms. The third-order valence-electron chi connectivity index (χ3n) is 4.02. The zero-order chi connectivity index (χ0) is 17.9. The van der Waals surface area contributed by atoms with E-state index in [1.807, 2.05) is 37.3 Å². The van der Waals surface area contributed by atoms with Gasteiger partial charge in [0.1, 0.15) is 18.0 Å². The molecular weight excluding hydrogens is 333 g/mol. The molecule has 1 atom stereocenters. The highest BCUT2D eigenvalue weighted by Crippen LogP contribution is 2.24. The molecule has 2 aromatic heterocycles. The lowest BCUT2D eigenvalue weighted by atomic mass is 10.1. The molecule has 6 nitrogen and oxygen atoms in total. The molecule has 130 valence electrons. The maximum atomic E-state index is 13.6. The molecule has 0 spiro atoms. The lowest BCUT2D eigenvalue weighted by Gasteiger charge is -2.12. The normalized spacial score (nSPS) is 12.2. The van der Waals surface area contributed by atoms with Crippen molar-refractivity contribution in [3.63, 3.8) is 0 Å². The Kier molecular flexibility index (Phi) is 4.27. The molecule has 0 aliphatic rings. The highest BCUT2D eigenvalue weighted by Gasteiger charge is 2.16. The van der Waals surface area contributed by atoms with Crippen LogP contribution in [-0.4, -0.2) is 20.1 Å². The van der Waals surface area contributed by atoms with Crippen LogP contribution >= 0.6 is 0 Å². The molecule has 0 fully saturated rings. The third-order valence-corrected chi connectivity index (χ3v) is 4.02. The molecule has 1 N–H and O–H groups in total. The second-order valence-electron chi connectivity index (χ2n) is 5.96. The molecular formula is C19H16FN5O. The van der Waals surface area contributed by atoms with Gasteiger partial charge in [-0.2, -0.15) is 4.98 Å². The fourth-order valence-electron chi connectivity index (χ4n) is 2.70. The van der Waals surface area contributed by atoms with Crippen LogP contribution in [0.1, 0.15) is 30.2 Å². The molecule has 0 unspecified atom stereocenters. The molecule has 0 aliphatic heterocycles. The van der Waals surface area contributed by atoms with Gasteiger partial charge in [0, 0.05) is 5.39 Å². The summed E-state index contributed by atoms with van der Waals surface area (Å²) in [5, 5.41) is 7.85. The van der Waals surface area contributed by atoms with Gasteiger partial charge in [-0.3, -0.25) is 0 Å². The van der Waals surface area contributed by atoms with Crippen LogP contribution < -0.4 is 5.32 Å². The minimum absolute atomic E-state index is 0.260. The number of hydrogen-bond acceptors (Lipinski definition) is 6. The molecule has 0 amide bonds. The Morgan fingerprint density at radius 2 is 1.96 bits per heavy atom. The Morgan fingerprint density at radius 1 is 1.12 bits per heavy atom. The molecule has 4 rings (SSSR count). The first kappa shape index (κ1) is 16.1. The molecule has 0 saturated carbocycles. The molecule has 2 aromatic carbocycles. The molecule has 0 radical (unpaired) electrons. The average molecular weight is 349 g/mol. The second kappa shape index (κ2) is 6.87. The summed E-state index contributed by atoms with van der Waals surface area (Å²) in [6.07, 6.45) is 2.01. The number of halogens is 1. The summed E-state index contributed by atoms with van der Waals surface area (Å²) in [6, 6.07) is 14.0. The van der Waals surface area contributed by atoms with E-state index in [1.54, 1.807) is 6.07 Å². The number of fused-ring (bicyclic) bond motifs is 1. The minimum atomic E-state index is -0.340. The van der Waals surface area contributed by atoms with Crippen LogP contribution in [0, 0.1) is 5.82 Å². The number of aromatic nitrogens is 4. The van der Waals surface area contributed by atoms with Crippen molar-refractivity contribution in [2.24, 2.45) is 0 Å². The first-order valence-electron chi connectivity index (χ1n) is 8.22. The SMILES string of the molecule is C[C@@H](Nc1ncnc2ccc(F)cc12)c1noc(Cc2ccccc2)n1. The zero-order valence-electron chi connectivity index (χ0n) is 14.1. The van der Waals surface area contributed by atoms with Gasteiger partial charge in [-0.1, -0.05) is 35.5 Å². The first-order chi connectivity index (χ1) is 12.7. The van der Waals surface area contributed by atoms with E-state index in [9.17, 15) is 4.39 Å². The van der Waals surface area contributed by atoms with Crippen molar-refractivity contribution in [2.75, 3.05) is 5.32 Å². The van der Waals surface area contributed by atoms with Gasteiger partial charge in [-0.05, 0) is 30.7 Å². The van der Waals surface area contributed by atoms with Crippen LogP contribution in [-0.2, 0) is 6.42 Å². The lowest BCUT2D eigenvalue weighted by molar-refractivity contribution is 0.377. The predicted octanol–water partition coefficient (Wildman–Crippen LogP) is 3.92. The van der Waals surface area contributed by atoms with Crippen LogP contribution in [0.15, 0.2) is 59.4 Å². The van der Waals surface area contributed by atoms with Gasteiger partial charge >= 0.3 is 0 Å². The van der Waals surface area contributed by atoms with Crippen molar-refractivity contribution >= 4 is 16.7 Å². The maximum absolute atomic E-state index is 13.6. The number of rotatable bonds is 5. The monoisotopic (exact) mass is 349 g/mol. The molecule has 4 aromatic rings. The predicted molar refractivity (Wildman–Crippen MR) is 95.1 cm³/mol. The average Bonchev–Trinajstić information content (AvgIpc) is 3.12. The number of benzene rings is 2. The molecule has 0 bridgehead atoms. The van der Waals surface area contributed by atoms with Crippen molar-refractivity contribution < 1.29 is 8.91 Å². The van der Waals surface area contributed by atoms with E-state index in [0.717, 1.165) is 5.56 Å². The number of nitrogens with zero attached hydrogens (tertiary/aromatic N) is 4. The number of anilines is 1. The summed E-state index contributed by atoms with van der Waals surface area (Å²) in [6.45, 7) is 1.89. The van der Waals surface area contributed by atoms with Gasteiger partial charge in [0.25, 0.3) is 0 Å². The van der Waals surface area contributed by atoms with Gasteiger partial charge in [0.15, 0.2) is 5.82 Å². The third kappa shape index (κ3) is 3.37. The van der Waals surface area contributed by atoms with E-state index in [0.29, 0.717) is 34.9 Å². The van der Waals surface area contributed by atoms with Gasteiger partial charge in [0.2, 0.25) is 5.89 Å². The second-order valence-corrected chi connectivity index (χ2v) is 5.96. The smallest absolute Gasteiger partial charge is 0.231 e. The Morgan fingerprint density at radius 3 is 2.81 bits per heavy atom. The van der Waals surface area contributed by atoms with Crippen LogP contribution in [0.3, 0.4) is 0 Å². The maximum Gasteiger partial charge on any atom is 0.231 e. The Hall–Kier alpha value is -3.35. The topological polar surface area (TPSA) is 76.7 Å². The Balaban J connectivity index is 1.54. The number of nitrogens with one attached hydrogen (secondary N) is 1. The van der Waals surface area contributed by atoms with Crippen molar-refractivity contribution in [3.8, 4) is 0 Å². The highest BCUT2D eigenvalue weighted by molar-refractivity contribution is 5.88. The molecule has 2 heterocycles. The van der Waals surface area contributed by atoms with Gasteiger partial charge < -0.3 is 9.84 Å². The summed E-state index contributed by atoms with van der Waals surface area (Å²) in [5.74, 6) is 1.24. The summed E-state index contributed by atoms with van der Waals surface area (Å²) in [5.41, 5.74) is 1.76. The van der Waals surface area contributed by atoms with Crippen molar-refractivity contribution in [2.45, 2.75) is 19.4 Å². The molecule has 7 heteroatoms. The summed E-state index contributed by atoms with van der Waals surface area (Å²) in [7, 11) is 0. The summed E-state index contributed by atoms with van der Waals surface area (Å²) >= 11 is 0. The van der Waals surface area contributed by atoms with E-state index in [1.165, 1.54) is 18.5 Å².